The van der Waals surface area contributed by atoms with Crippen molar-refractivity contribution >= 4 is 5.97 Å². The second-order valence-electron chi connectivity index (χ2n) is 3.66. The SMILES string of the molecule is CCOC(=O)C(F)(F)C(O)c1cccc(C)c1. The summed E-state index contributed by atoms with van der Waals surface area (Å²) in [7, 11) is 0. The number of carbonyl (C=O) groups excluding carboxylic acids is 1. The Morgan fingerprint density at radius 2 is 2.18 bits per heavy atom. The largest absolute Gasteiger partial charge is 0.461 e. The molecule has 94 valence electrons. The molecule has 0 saturated carbocycles. The smallest absolute Gasteiger partial charge is 0.380 e. The van der Waals surface area contributed by atoms with Gasteiger partial charge in [-0.25, -0.2) is 4.79 Å². The minimum absolute atomic E-state index is 0.0111. The number of aryl methyl sites for hydroxylation is 1. The van der Waals surface area contributed by atoms with E-state index >= 15 is 0 Å². The summed E-state index contributed by atoms with van der Waals surface area (Å²) < 4.78 is 31.2. The van der Waals surface area contributed by atoms with Gasteiger partial charge in [0, 0.05) is 0 Å². The number of alkyl halides is 2. The lowest BCUT2D eigenvalue weighted by molar-refractivity contribution is -0.189. The number of hydrogen-bond acceptors (Lipinski definition) is 3. The Labute approximate surface area is 98.0 Å². The number of carbonyl (C=O) groups is 1. The molecular weight excluding hydrogens is 230 g/mol. The molecule has 0 fully saturated rings. The van der Waals surface area contributed by atoms with Crippen molar-refractivity contribution in [3.63, 3.8) is 0 Å². The molecule has 0 radical (unpaired) electrons. The van der Waals surface area contributed by atoms with E-state index < -0.39 is 18.0 Å². The highest BCUT2D eigenvalue weighted by molar-refractivity contribution is 5.78. The van der Waals surface area contributed by atoms with Crippen molar-refractivity contribution in [1.29, 1.82) is 0 Å². The predicted octanol–water partition coefficient (Wildman–Crippen LogP) is 2.23. The molecule has 0 aromatic heterocycles. The van der Waals surface area contributed by atoms with Crippen molar-refractivity contribution in [2.45, 2.75) is 25.9 Å². The molecule has 0 saturated heterocycles. The first-order chi connectivity index (χ1) is 7.89. The summed E-state index contributed by atoms with van der Waals surface area (Å²) in [5.74, 6) is -5.65. The molecule has 0 heterocycles. The van der Waals surface area contributed by atoms with Crippen LogP contribution in [0.4, 0.5) is 8.78 Å². The van der Waals surface area contributed by atoms with Gasteiger partial charge in [0.15, 0.2) is 6.10 Å². The van der Waals surface area contributed by atoms with Gasteiger partial charge in [-0.15, -0.1) is 0 Å². The van der Waals surface area contributed by atoms with Crippen molar-refractivity contribution in [3.8, 4) is 0 Å². The summed E-state index contributed by atoms with van der Waals surface area (Å²) >= 11 is 0. The van der Waals surface area contributed by atoms with Gasteiger partial charge in [0.2, 0.25) is 0 Å². The van der Waals surface area contributed by atoms with Crippen LogP contribution in [0.1, 0.15) is 24.2 Å². The molecule has 0 amide bonds. The summed E-state index contributed by atoms with van der Waals surface area (Å²) in [5.41, 5.74) is 0.712. The standard InChI is InChI=1S/C12H14F2O3/c1-3-17-11(16)12(13,14)10(15)9-6-4-5-8(2)7-9/h4-7,10,15H,3H2,1-2H3. The first-order valence-electron chi connectivity index (χ1n) is 5.19. The van der Waals surface area contributed by atoms with E-state index in [9.17, 15) is 18.7 Å². The van der Waals surface area contributed by atoms with Crippen LogP contribution in [0, 0.1) is 6.92 Å². The van der Waals surface area contributed by atoms with Crippen LogP contribution in [0.3, 0.4) is 0 Å². The van der Waals surface area contributed by atoms with Crippen molar-refractivity contribution in [1.82, 2.24) is 0 Å². The molecule has 3 nitrogen and oxygen atoms in total. The van der Waals surface area contributed by atoms with Crippen LogP contribution in [0.15, 0.2) is 24.3 Å². The topological polar surface area (TPSA) is 46.5 Å². The van der Waals surface area contributed by atoms with Crippen LogP contribution >= 0.6 is 0 Å². The van der Waals surface area contributed by atoms with E-state index in [-0.39, 0.29) is 12.2 Å². The minimum atomic E-state index is -3.94. The van der Waals surface area contributed by atoms with Crippen LogP contribution in [0.25, 0.3) is 0 Å². The van der Waals surface area contributed by atoms with Crippen molar-refractivity contribution in [3.05, 3.63) is 35.4 Å². The van der Waals surface area contributed by atoms with Gasteiger partial charge in [-0.1, -0.05) is 29.8 Å². The predicted molar refractivity (Wildman–Crippen MR) is 57.7 cm³/mol. The molecule has 1 aromatic rings. The van der Waals surface area contributed by atoms with Crippen LogP contribution in [-0.4, -0.2) is 23.6 Å². The normalized spacial score (nSPS) is 13.2. The van der Waals surface area contributed by atoms with E-state index in [1.807, 2.05) is 0 Å². The number of aliphatic hydroxyl groups is 1. The Hall–Kier alpha value is -1.49. The van der Waals surface area contributed by atoms with Gasteiger partial charge in [-0.3, -0.25) is 0 Å². The summed E-state index contributed by atoms with van der Waals surface area (Å²) in [6, 6.07) is 5.98. The zero-order chi connectivity index (χ0) is 13.1. The van der Waals surface area contributed by atoms with Crippen LogP contribution in [-0.2, 0) is 9.53 Å². The lowest BCUT2D eigenvalue weighted by Crippen LogP contribution is -2.37. The number of ether oxygens (including phenoxy) is 1. The molecule has 0 aliphatic carbocycles. The van der Waals surface area contributed by atoms with E-state index in [4.69, 9.17) is 0 Å². The molecule has 0 bridgehead atoms. The Bertz CT molecular complexity index is 404. The summed E-state index contributed by atoms with van der Waals surface area (Å²) in [4.78, 5) is 11.0. The van der Waals surface area contributed by atoms with Gasteiger partial charge in [0.1, 0.15) is 0 Å². The van der Waals surface area contributed by atoms with E-state index in [1.54, 1.807) is 13.0 Å². The lowest BCUT2D eigenvalue weighted by Gasteiger charge is -2.21. The Morgan fingerprint density at radius 1 is 1.53 bits per heavy atom. The fraction of sp³-hybridized carbons (Fsp3) is 0.417. The third kappa shape index (κ3) is 3.00. The van der Waals surface area contributed by atoms with E-state index in [0.717, 1.165) is 5.56 Å². The molecule has 0 aliphatic heterocycles. The summed E-state index contributed by atoms with van der Waals surface area (Å²) in [6.45, 7) is 2.97. The zero-order valence-electron chi connectivity index (χ0n) is 9.61. The molecule has 1 atom stereocenters. The van der Waals surface area contributed by atoms with Crippen LogP contribution in [0.5, 0.6) is 0 Å². The average molecular weight is 244 g/mol. The second kappa shape index (κ2) is 5.23. The third-order valence-corrected chi connectivity index (χ3v) is 2.25. The molecule has 1 N–H and O–H groups in total. The highest BCUT2D eigenvalue weighted by atomic mass is 19.3. The highest BCUT2D eigenvalue weighted by Crippen LogP contribution is 2.32. The van der Waals surface area contributed by atoms with Gasteiger partial charge in [0.05, 0.1) is 6.61 Å². The van der Waals surface area contributed by atoms with Gasteiger partial charge in [-0.2, -0.15) is 8.78 Å². The maximum absolute atomic E-state index is 13.5. The van der Waals surface area contributed by atoms with Crippen molar-refractivity contribution in [2.75, 3.05) is 6.61 Å². The third-order valence-electron chi connectivity index (χ3n) is 2.25. The number of rotatable bonds is 4. The molecule has 1 aromatic carbocycles. The van der Waals surface area contributed by atoms with E-state index in [0.29, 0.717) is 0 Å². The molecular formula is C12H14F2O3. The first kappa shape index (κ1) is 13.6. The van der Waals surface area contributed by atoms with Crippen molar-refractivity contribution in [2.24, 2.45) is 0 Å². The Kier molecular flexibility index (Phi) is 4.17. The number of esters is 1. The molecule has 5 heteroatoms. The average Bonchev–Trinajstić information content (AvgIpc) is 2.28. The fourth-order valence-corrected chi connectivity index (χ4v) is 1.39. The van der Waals surface area contributed by atoms with Gasteiger partial charge in [-0.05, 0) is 19.4 Å². The summed E-state index contributed by atoms with van der Waals surface area (Å²) in [5, 5.41) is 9.52. The Balaban J connectivity index is 2.95. The molecule has 0 spiro atoms. The van der Waals surface area contributed by atoms with E-state index in [2.05, 4.69) is 4.74 Å². The van der Waals surface area contributed by atoms with Gasteiger partial charge >= 0.3 is 11.9 Å². The number of hydrogen-bond donors (Lipinski definition) is 1. The molecule has 17 heavy (non-hydrogen) atoms. The number of benzene rings is 1. The fourth-order valence-electron chi connectivity index (χ4n) is 1.39. The van der Waals surface area contributed by atoms with Crippen LogP contribution < -0.4 is 0 Å². The van der Waals surface area contributed by atoms with E-state index in [1.165, 1.54) is 25.1 Å². The summed E-state index contributed by atoms with van der Waals surface area (Å²) in [6.07, 6.45) is -2.19. The maximum Gasteiger partial charge on any atom is 0.380 e. The lowest BCUT2D eigenvalue weighted by atomic mass is 10.0. The maximum atomic E-state index is 13.5. The highest BCUT2D eigenvalue weighted by Gasteiger charge is 2.48. The van der Waals surface area contributed by atoms with Gasteiger partial charge in [0.25, 0.3) is 0 Å². The number of halogens is 2. The monoisotopic (exact) mass is 244 g/mol. The molecule has 1 unspecified atom stereocenters. The minimum Gasteiger partial charge on any atom is -0.461 e. The molecule has 1 rings (SSSR count). The quantitative estimate of drug-likeness (QED) is 0.826. The first-order valence-corrected chi connectivity index (χ1v) is 5.19. The van der Waals surface area contributed by atoms with Gasteiger partial charge < -0.3 is 9.84 Å². The number of aliphatic hydroxyl groups excluding tert-OH is 1. The van der Waals surface area contributed by atoms with Crippen molar-refractivity contribution < 1.29 is 23.4 Å². The zero-order valence-corrected chi connectivity index (χ0v) is 9.61. The Morgan fingerprint density at radius 3 is 2.71 bits per heavy atom. The molecule has 0 aliphatic rings. The van der Waals surface area contributed by atoms with Crippen LogP contribution in [0.2, 0.25) is 0 Å². The second-order valence-corrected chi connectivity index (χ2v) is 3.66.